The predicted octanol–water partition coefficient (Wildman–Crippen LogP) is 4.05. The van der Waals surface area contributed by atoms with Crippen LogP contribution < -0.4 is 10.1 Å². The van der Waals surface area contributed by atoms with Gasteiger partial charge in [-0.1, -0.05) is 31.5 Å². The number of amides is 1. The maximum Gasteiger partial charge on any atom is 0.412 e. The van der Waals surface area contributed by atoms with Crippen molar-refractivity contribution in [2.45, 2.75) is 24.3 Å². The number of benzene rings is 1. The minimum absolute atomic E-state index is 0.353. The fourth-order valence-electron chi connectivity index (χ4n) is 1.81. The highest BCUT2D eigenvalue weighted by atomic mass is 32.2. The minimum Gasteiger partial charge on any atom is -0.410 e. The average molecular weight is 297 g/mol. The van der Waals surface area contributed by atoms with Crippen LogP contribution in [-0.4, -0.2) is 24.1 Å². The number of unbranched alkanes of at least 4 members (excludes halogenated alkanes) is 1. The Morgan fingerprint density at radius 2 is 2.11 bits per heavy atom. The van der Waals surface area contributed by atoms with Gasteiger partial charge in [-0.25, -0.2) is 4.79 Å². The van der Waals surface area contributed by atoms with Gasteiger partial charge in [0.05, 0.1) is 4.58 Å². The van der Waals surface area contributed by atoms with E-state index in [-0.39, 0.29) is 6.09 Å². The molecule has 0 radical (unpaired) electrons. The molecule has 1 fully saturated rings. The number of para-hydroxylation sites is 1. The van der Waals surface area contributed by atoms with Crippen LogP contribution in [0.4, 0.5) is 4.79 Å². The standard InChI is InChI=1S/C14H19NO2S2/c1-2-3-8-15-14(16)17-12-7-5-4-6-11(12)13-18-9-10-19-13/h4-7,13H,2-3,8-10H2,1H3,(H,15,16). The largest absolute Gasteiger partial charge is 0.412 e. The Bertz CT molecular complexity index is 420. The molecule has 1 aromatic carbocycles. The van der Waals surface area contributed by atoms with Crippen molar-refractivity contribution in [3.8, 4) is 5.75 Å². The van der Waals surface area contributed by atoms with Crippen LogP contribution in [0.3, 0.4) is 0 Å². The third-order valence-electron chi connectivity index (χ3n) is 2.80. The third kappa shape index (κ3) is 4.35. The zero-order valence-electron chi connectivity index (χ0n) is 11.1. The number of hydrogen-bond donors (Lipinski definition) is 1. The molecule has 0 bridgehead atoms. The van der Waals surface area contributed by atoms with Crippen molar-refractivity contribution in [1.82, 2.24) is 5.32 Å². The molecular weight excluding hydrogens is 278 g/mol. The molecule has 1 N–H and O–H groups in total. The van der Waals surface area contributed by atoms with Gasteiger partial charge < -0.3 is 10.1 Å². The minimum atomic E-state index is -0.353. The van der Waals surface area contributed by atoms with E-state index in [4.69, 9.17) is 4.74 Å². The van der Waals surface area contributed by atoms with Crippen LogP contribution >= 0.6 is 23.5 Å². The van der Waals surface area contributed by atoms with E-state index in [0.29, 0.717) is 16.9 Å². The van der Waals surface area contributed by atoms with Crippen LogP contribution in [0.2, 0.25) is 0 Å². The van der Waals surface area contributed by atoms with Crippen molar-refractivity contribution in [3.05, 3.63) is 29.8 Å². The van der Waals surface area contributed by atoms with Crippen LogP contribution in [-0.2, 0) is 0 Å². The van der Waals surface area contributed by atoms with Gasteiger partial charge in [0.15, 0.2) is 0 Å². The second-order valence-corrected chi connectivity index (χ2v) is 7.01. The lowest BCUT2D eigenvalue weighted by molar-refractivity contribution is 0.200. The van der Waals surface area contributed by atoms with E-state index in [0.717, 1.165) is 29.9 Å². The maximum absolute atomic E-state index is 11.7. The summed E-state index contributed by atoms with van der Waals surface area (Å²) in [6.07, 6.45) is 1.69. The van der Waals surface area contributed by atoms with Gasteiger partial charge in [-0.3, -0.25) is 0 Å². The molecule has 1 aromatic rings. The van der Waals surface area contributed by atoms with E-state index >= 15 is 0 Å². The molecule has 0 saturated carbocycles. The van der Waals surface area contributed by atoms with Gasteiger partial charge in [-0.05, 0) is 12.5 Å². The summed E-state index contributed by atoms with van der Waals surface area (Å²) in [4.78, 5) is 11.7. The van der Waals surface area contributed by atoms with Crippen molar-refractivity contribution in [2.24, 2.45) is 0 Å². The fourth-order valence-corrected chi connectivity index (χ4v) is 4.72. The topological polar surface area (TPSA) is 38.3 Å². The van der Waals surface area contributed by atoms with Crippen LogP contribution in [0.1, 0.15) is 29.9 Å². The number of nitrogens with one attached hydrogen (secondary N) is 1. The molecule has 1 saturated heterocycles. The Labute approximate surface area is 122 Å². The molecular formula is C14H19NO2S2. The van der Waals surface area contributed by atoms with Gasteiger partial charge in [-0.15, -0.1) is 23.5 Å². The summed E-state index contributed by atoms with van der Waals surface area (Å²) in [5.74, 6) is 3.00. The summed E-state index contributed by atoms with van der Waals surface area (Å²) in [7, 11) is 0. The first-order valence-corrected chi connectivity index (χ1v) is 8.69. The van der Waals surface area contributed by atoms with E-state index in [1.165, 1.54) is 0 Å². The lowest BCUT2D eigenvalue weighted by Gasteiger charge is -2.14. The molecule has 5 heteroatoms. The summed E-state index contributed by atoms with van der Waals surface area (Å²) < 4.78 is 5.82. The van der Waals surface area contributed by atoms with E-state index in [9.17, 15) is 4.79 Å². The third-order valence-corrected chi connectivity index (χ3v) is 5.86. The summed E-state index contributed by atoms with van der Waals surface area (Å²) in [5.41, 5.74) is 1.11. The molecule has 104 valence electrons. The summed E-state index contributed by atoms with van der Waals surface area (Å²) in [6.45, 7) is 2.77. The lowest BCUT2D eigenvalue weighted by atomic mass is 10.2. The van der Waals surface area contributed by atoms with Gasteiger partial charge >= 0.3 is 6.09 Å². The van der Waals surface area contributed by atoms with Gasteiger partial charge in [-0.2, -0.15) is 0 Å². The number of carbonyl (C=O) groups is 1. The molecule has 3 nitrogen and oxygen atoms in total. The first-order chi connectivity index (χ1) is 9.31. The molecule has 0 aliphatic carbocycles. The molecule has 1 heterocycles. The Morgan fingerprint density at radius 1 is 1.37 bits per heavy atom. The lowest BCUT2D eigenvalue weighted by Crippen LogP contribution is -2.27. The molecule has 0 spiro atoms. The number of thioether (sulfide) groups is 2. The Morgan fingerprint density at radius 3 is 2.84 bits per heavy atom. The van der Waals surface area contributed by atoms with Gasteiger partial charge in [0.1, 0.15) is 5.75 Å². The normalized spacial score (nSPS) is 15.4. The summed E-state index contributed by atoms with van der Waals surface area (Å²) >= 11 is 3.82. The van der Waals surface area contributed by atoms with Gasteiger partial charge in [0, 0.05) is 23.6 Å². The highest BCUT2D eigenvalue weighted by Gasteiger charge is 2.22. The second-order valence-electron chi connectivity index (χ2n) is 4.28. The van der Waals surface area contributed by atoms with Crippen molar-refractivity contribution in [2.75, 3.05) is 18.1 Å². The molecule has 0 unspecified atom stereocenters. The van der Waals surface area contributed by atoms with Crippen molar-refractivity contribution >= 4 is 29.6 Å². The average Bonchev–Trinajstić information content (AvgIpc) is 2.93. The van der Waals surface area contributed by atoms with E-state index in [1.807, 2.05) is 47.8 Å². The highest BCUT2D eigenvalue weighted by molar-refractivity contribution is 8.19. The molecule has 1 amide bonds. The van der Waals surface area contributed by atoms with Crippen molar-refractivity contribution in [1.29, 1.82) is 0 Å². The van der Waals surface area contributed by atoms with Gasteiger partial charge in [0.25, 0.3) is 0 Å². The summed E-state index contributed by atoms with van der Waals surface area (Å²) in [5, 5.41) is 2.78. The molecule has 1 aliphatic heterocycles. The first kappa shape index (κ1) is 14.6. The number of rotatable bonds is 5. The summed E-state index contributed by atoms with van der Waals surface area (Å²) in [6, 6.07) is 7.82. The molecule has 0 aromatic heterocycles. The molecule has 2 rings (SSSR count). The molecule has 19 heavy (non-hydrogen) atoms. The van der Waals surface area contributed by atoms with E-state index in [1.54, 1.807) is 0 Å². The Balaban J connectivity index is 1.97. The predicted molar refractivity (Wildman–Crippen MR) is 83.0 cm³/mol. The van der Waals surface area contributed by atoms with Crippen LogP contribution in [0.5, 0.6) is 5.75 Å². The van der Waals surface area contributed by atoms with Crippen LogP contribution in [0, 0.1) is 0 Å². The van der Waals surface area contributed by atoms with E-state index < -0.39 is 0 Å². The number of hydrogen-bond acceptors (Lipinski definition) is 4. The SMILES string of the molecule is CCCCNC(=O)Oc1ccccc1C1SCCS1. The molecule has 1 aliphatic rings. The Kier molecular flexibility index (Phi) is 5.92. The van der Waals surface area contributed by atoms with Crippen molar-refractivity contribution in [3.63, 3.8) is 0 Å². The van der Waals surface area contributed by atoms with Crippen LogP contribution in [0.15, 0.2) is 24.3 Å². The first-order valence-electron chi connectivity index (χ1n) is 6.59. The maximum atomic E-state index is 11.7. The smallest absolute Gasteiger partial charge is 0.410 e. The zero-order valence-corrected chi connectivity index (χ0v) is 12.7. The highest BCUT2D eigenvalue weighted by Crippen LogP contribution is 2.48. The van der Waals surface area contributed by atoms with Crippen molar-refractivity contribution < 1.29 is 9.53 Å². The second kappa shape index (κ2) is 7.70. The fraction of sp³-hybridized carbons (Fsp3) is 0.500. The Hall–Kier alpha value is -0.810. The monoisotopic (exact) mass is 297 g/mol. The van der Waals surface area contributed by atoms with E-state index in [2.05, 4.69) is 12.2 Å². The number of ether oxygens (including phenoxy) is 1. The van der Waals surface area contributed by atoms with Gasteiger partial charge in [0.2, 0.25) is 0 Å². The zero-order chi connectivity index (χ0) is 13.5. The van der Waals surface area contributed by atoms with Crippen LogP contribution in [0.25, 0.3) is 0 Å². The number of carbonyl (C=O) groups excluding carboxylic acids is 1. The quantitative estimate of drug-likeness (QED) is 0.832. The molecule has 0 atom stereocenters.